The molecule has 172 valence electrons. The van der Waals surface area contributed by atoms with Crippen LogP contribution in [-0.2, 0) is 19.4 Å². The second-order valence-electron chi connectivity index (χ2n) is 8.19. The van der Waals surface area contributed by atoms with E-state index in [1.54, 1.807) is 7.05 Å². The summed E-state index contributed by atoms with van der Waals surface area (Å²) in [6, 6.07) is 14.4. The van der Waals surface area contributed by atoms with Crippen LogP contribution in [0.4, 0.5) is 0 Å². The number of hydrogen-bond acceptors (Lipinski definition) is 3. The van der Waals surface area contributed by atoms with Gasteiger partial charge >= 0.3 is 0 Å². The summed E-state index contributed by atoms with van der Waals surface area (Å²) in [4.78, 5) is 18.9. The van der Waals surface area contributed by atoms with E-state index in [-0.39, 0.29) is 29.9 Å². The lowest BCUT2D eigenvalue weighted by Crippen LogP contribution is -2.38. The van der Waals surface area contributed by atoms with Gasteiger partial charge in [-0.25, -0.2) is 0 Å². The average Bonchev–Trinajstić information content (AvgIpc) is 3.30. The molecule has 0 aliphatic carbocycles. The SMILES string of the molecule is CN=C(NCCc1ccc2c(c1)CCO2)NCc1ccc(C(=O)N2CCCCC2)cc1.I. The van der Waals surface area contributed by atoms with Crippen molar-refractivity contribution >= 4 is 35.8 Å². The largest absolute Gasteiger partial charge is 0.493 e. The average molecular weight is 548 g/mol. The molecule has 2 aliphatic rings. The number of guanidine groups is 1. The molecule has 4 rings (SSSR count). The molecular weight excluding hydrogens is 515 g/mol. The van der Waals surface area contributed by atoms with Crippen molar-refractivity contribution in [1.29, 1.82) is 0 Å². The number of fused-ring (bicyclic) bond motifs is 1. The number of nitrogens with one attached hydrogen (secondary N) is 2. The highest BCUT2D eigenvalue weighted by Crippen LogP contribution is 2.25. The third kappa shape index (κ3) is 6.37. The predicted molar refractivity (Wildman–Crippen MR) is 139 cm³/mol. The number of carbonyl (C=O) groups excluding carboxylic acids is 1. The van der Waals surface area contributed by atoms with Crippen molar-refractivity contribution in [3.05, 3.63) is 64.7 Å². The lowest BCUT2D eigenvalue weighted by Gasteiger charge is -2.26. The number of halogens is 1. The highest BCUT2D eigenvalue weighted by atomic mass is 127. The van der Waals surface area contributed by atoms with Crippen molar-refractivity contribution in [2.45, 2.75) is 38.6 Å². The second kappa shape index (κ2) is 12.1. The first kappa shape index (κ1) is 24.4. The second-order valence-corrected chi connectivity index (χ2v) is 8.19. The molecular formula is C25H33IN4O2. The Morgan fingerprint density at radius 2 is 1.78 bits per heavy atom. The lowest BCUT2D eigenvalue weighted by molar-refractivity contribution is 0.0724. The van der Waals surface area contributed by atoms with Gasteiger partial charge < -0.3 is 20.3 Å². The minimum Gasteiger partial charge on any atom is -0.493 e. The summed E-state index contributed by atoms with van der Waals surface area (Å²) in [5.74, 6) is 1.95. The van der Waals surface area contributed by atoms with Crippen LogP contribution in [0.15, 0.2) is 47.5 Å². The number of rotatable bonds is 6. The number of amides is 1. The van der Waals surface area contributed by atoms with Gasteiger partial charge in [-0.15, -0.1) is 24.0 Å². The molecule has 2 aliphatic heterocycles. The van der Waals surface area contributed by atoms with E-state index in [2.05, 4.69) is 33.8 Å². The van der Waals surface area contributed by atoms with Crippen LogP contribution in [0.3, 0.4) is 0 Å². The molecule has 6 nitrogen and oxygen atoms in total. The Morgan fingerprint density at radius 1 is 1.03 bits per heavy atom. The summed E-state index contributed by atoms with van der Waals surface area (Å²) in [7, 11) is 1.78. The molecule has 2 N–H and O–H groups in total. The van der Waals surface area contributed by atoms with Crippen LogP contribution >= 0.6 is 24.0 Å². The van der Waals surface area contributed by atoms with Crippen LogP contribution in [0.5, 0.6) is 5.75 Å². The van der Waals surface area contributed by atoms with Crippen LogP contribution in [0.2, 0.25) is 0 Å². The summed E-state index contributed by atoms with van der Waals surface area (Å²) < 4.78 is 5.57. The topological polar surface area (TPSA) is 66.0 Å². The molecule has 0 spiro atoms. The van der Waals surface area contributed by atoms with E-state index in [0.29, 0.717) is 6.54 Å². The Hall–Kier alpha value is -2.29. The fourth-order valence-corrected chi connectivity index (χ4v) is 4.17. The van der Waals surface area contributed by atoms with E-state index in [9.17, 15) is 4.79 Å². The first-order valence-corrected chi connectivity index (χ1v) is 11.3. The van der Waals surface area contributed by atoms with Crippen LogP contribution in [0.1, 0.15) is 46.3 Å². The van der Waals surface area contributed by atoms with E-state index in [1.165, 1.54) is 17.5 Å². The molecule has 2 aromatic rings. The zero-order valence-corrected chi connectivity index (χ0v) is 21.1. The molecule has 2 aromatic carbocycles. The van der Waals surface area contributed by atoms with Crippen LogP contribution < -0.4 is 15.4 Å². The van der Waals surface area contributed by atoms with Crippen molar-refractivity contribution in [3.63, 3.8) is 0 Å². The molecule has 0 unspecified atom stereocenters. The van der Waals surface area contributed by atoms with Gasteiger partial charge in [0.25, 0.3) is 5.91 Å². The fourth-order valence-electron chi connectivity index (χ4n) is 4.17. The van der Waals surface area contributed by atoms with E-state index in [4.69, 9.17) is 4.74 Å². The van der Waals surface area contributed by atoms with Crippen LogP contribution in [0, 0.1) is 0 Å². The van der Waals surface area contributed by atoms with E-state index >= 15 is 0 Å². The highest BCUT2D eigenvalue weighted by Gasteiger charge is 2.18. The monoisotopic (exact) mass is 548 g/mol. The highest BCUT2D eigenvalue weighted by molar-refractivity contribution is 14.0. The maximum atomic E-state index is 12.6. The van der Waals surface area contributed by atoms with Crippen molar-refractivity contribution in [2.24, 2.45) is 4.99 Å². The first-order chi connectivity index (χ1) is 15.2. The fraction of sp³-hybridized carbons (Fsp3) is 0.440. The molecule has 0 atom stereocenters. The smallest absolute Gasteiger partial charge is 0.253 e. The number of aliphatic imine (C=N–C) groups is 1. The minimum atomic E-state index is 0. The number of likely N-dealkylation sites (tertiary alicyclic amines) is 1. The van der Waals surface area contributed by atoms with Gasteiger partial charge in [0.2, 0.25) is 0 Å². The van der Waals surface area contributed by atoms with Crippen LogP contribution in [-0.4, -0.2) is 50.1 Å². The van der Waals surface area contributed by atoms with E-state index in [0.717, 1.165) is 74.8 Å². The molecule has 1 amide bonds. The van der Waals surface area contributed by atoms with Gasteiger partial charge in [0, 0.05) is 45.2 Å². The quantitative estimate of drug-likeness (QED) is 0.328. The predicted octanol–water partition coefficient (Wildman–Crippen LogP) is 3.77. The Morgan fingerprint density at radius 3 is 2.53 bits per heavy atom. The first-order valence-electron chi connectivity index (χ1n) is 11.3. The summed E-state index contributed by atoms with van der Waals surface area (Å²) in [6.45, 7) is 4.02. The molecule has 32 heavy (non-hydrogen) atoms. The summed E-state index contributed by atoms with van der Waals surface area (Å²) >= 11 is 0. The molecule has 1 saturated heterocycles. The third-order valence-corrected chi connectivity index (χ3v) is 5.99. The molecule has 0 aromatic heterocycles. The Bertz CT molecular complexity index is 924. The number of piperidine rings is 1. The van der Waals surface area contributed by atoms with Gasteiger partial charge in [-0.3, -0.25) is 9.79 Å². The van der Waals surface area contributed by atoms with E-state index < -0.39 is 0 Å². The van der Waals surface area contributed by atoms with Crippen molar-refractivity contribution < 1.29 is 9.53 Å². The Kier molecular flexibility index (Phi) is 9.20. The Labute approximate surface area is 207 Å². The summed E-state index contributed by atoms with van der Waals surface area (Å²) in [5, 5.41) is 6.72. The van der Waals surface area contributed by atoms with E-state index in [1.807, 2.05) is 29.2 Å². The number of carbonyl (C=O) groups is 1. The Balaban J connectivity index is 0.00000289. The number of hydrogen-bond donors (Lipinski definition) is 2. The summed E-state index contributed by atoms with van der Waals surface area (Å²) in [5.41, 5.74) is 4.51. The van der Waals surface area contributed by atoms with Gasteiger partial charge in [0.1, 0.15) is 5.75 Å². The maximum absolute atomic E-state index is 12.6. The van der Waals surface area contributed by atoms with Crippen LogP contribution in [0.25, 0.3) is 0 Å². The lowest BCUT2D eigenvalue weighted by atomic mass is 10.1. The van der Waals surface area contributed by atoms with Gasteiger partial charge in [-0.05, 0) is 60.6 Å². The normalized spacial score (nSPS) is 15.4. The van der Waals surface area contributed by atoms with Gasteiger partial charge in [-0.1, -0.05) is 24.3 Å². The van der Waals surface area contributed by atoms with Crippen molar-refractivity contribution in [2.75, 3.05) is 33.3 Å². The van der Waals surface area contributed by atoms with Gasteiger partial charge in [0.15, 0.2) is 5.96 Å². The molecule has 0 saturated carbocycles. The maximum Gasteiger partial charge on any atom is 0.253 e. The minimum absolute atomic E-state index is 0. The number of benzene rings is 2. The van der Waals surface area contributed by atoms with Gasteiger partial charge in [0.05, 0.1) is 6.61 Å². The molecule has 7 heteroatoms. The van der Waals surface area contributed by atoms with Gasteiger partial charge in [-0.2, -0.15) is 0 Å². The zero-order valence-electron chi connectivity index (χ0n) is 18.7. The van der Waals surface area contributed by atoms with Crippen molar-refractivity contribution in [3.8, 4) is 5.75 Å². The standard InChI is InChI=1S/C25H32N4O2.HI/c1-26-25(27-13-11-19-7-10-23-22(17-19)12-16-31-23)28-18-20-5-8-21(9-6-20)24(30)29-14-3-2-4-15-29;/h5-10,17H,2-4,11-16,18H2,1H3,(H2,26,27,28);1H. The third-order valence-electron chi connectivity index (χ3n) is 5.99. The summed E-state index contributed by atoms with van der Waals surface area (Å²) in [6.07, 6.45) is 5.39. The number of nitrogens with zero attached hydrogens (tertiary/aromatic N) is 2. The molecule has 0 radical (unpaired) electrons. The number of ether oxygens (including phenoxy) is 1. The van der Waals surface area contributed by atoms with Crippen molar-refractivity contribution in [1.82, 2.24) is 15.5 Å². The molecule has 1 fully saturated rings. The molecule has 2 heterocycles. The molecule has 0 bridgehead atoms. The zero-order chi connectivity index (χ0) is 21.5.